The molecule has 1 aliphatic rings. The molecule has 0 radical (unpaired) electrons. The van der Waals surface area contributed by atoms with Gasteiger partial charge in [0.05, 0.1) is 11.1 Å². The number of thioether (sulfide) groups is 1. The maximum Gasteiger partial charge on any atom is 0.267 e. The van der Waals surface area contributed by atoms with Crippen molar-refractivity contribution >= 4 is 33.3 Å². The van der Waals surface area contributed by atoms with Gasteiger partial charge in [-0.3, -0.25) is 14.3 Å². The minimum absolute atomic E-state index is 0.0683. The van der Waals surface area contributed by atoms with E-state index in [9.17, 15) is 4.79 Å². The Morgan fingerprint density at radius 2 is 1.87 bits per heavy atom. The summed E-state index contributed by atoms with van der Waals surface area (Å²) in [5.41, 5.74) is 4.67. The molecule has 3 heterocycles. The number of nitrogens with zero attached hydrogens (tertiary/aromatic N) is 3. The molecule has 1 aliphatic heterocycles. The number of thiophene rings is 1. The van der Waals surface area contributed by atoms with Crippen LogP contribution in [-0.4, -0.2) is 26.7 Å². The molecule has 0 saturated carbocycles. The van der Waals surface area contributed by atoms with E-state index in [4.69, 9.17) is 4.98 Å². The maximum absolute atomic E-state index is 13.7. The Labute approximate surface area is 190 Å². The first-order valence-electron chi connectivity index (χ1n) is 10.7. The van der Waals surface area contributed by atoms with Crippen molar-refractivity contribution in [2.24, 2.45) is 0 Å². The fourth-order valence-corrected chi connectivity index (χ4v) is 6.24. The average molecular weight is 448 g/mol. The van der Waals surface area contributed by atoms with E-state index in [2.05, 4.69) is 61.2 Å². The number of fused-ring (bicyclic) bond motifs is 3. The summed E-state index contributed by atoms with van der Waals surface area (Å²) in [6.45, 7) is 6.94. The van der Waals surface area contributed by atoms with Gasteiger partial charge in [0, 0.05) is 24.5 Å². The van der Waals surface area contributed by atoms with E-state index in [0.29, 0.717) is 0 Å². The van der Waals surface area contributed by atoms with Crippen LogP contribution in [0.4, 0.5) is 0 Å². The van der Waals surface area contributed by atoms with Gasteiger partial charge in [0.25, 0.3) is 5.56 Å². The van der Waals surface area contributed by atoms with Crippen molar-refractivity contribution in [2.45, 2.75) is 38.5 Å². The summed E-state index contributed by atoms with van der Waals surface area (Å²) in [5.74, 6) is 0.875. The molecule has 31 heavy (non-hydrogen) atoms. The van der Waals surface area contributed by atoms with Gasteiger partial charge in [-0.2, -0.15) is 0 Å². The minimum Gasteiger partial charge on any atom is -0.294 e. The molecular weight excluding hydrogens is 422 g/mol. The number of hydrogen-bond acceptors (Lipinski definition) is 5. The molecule has 4 aromatic rings. The van der Waals surface area contributed by atoms with Crippen LogP contribution in [0.3, 0.4) is 0 Å². The van der Waals surface area contributed by atoms with Gasteiger partial charge in [-0.05, 0) is 42.4 Å². The molecule has 2 aromatic heterocycles. The van der Waals surface area contributed by atoms with E-state index in [0.717, 1.165) is 52.9 Å². The Morgan fingerprint density at radius 3 is 2.61 bits per heavy atom. The Kier molecular flexibility index (Phi) is 5.69. The van der Waals surface area contributed by atoms with Crippen LogP contribution in [0.2, 0.25) is 0 Å². The lowest BCUT2D eigenvalue weighted by Gasteiger charge is -2.26. The second-order valence-electron chi connectivity index (χ2n) is 7.93. The second-order valence-corrected chi connectivity index (χ2v) is 10.2. The lowest BCUT2D eigenvalue weighted by Crippen LogP contribution is -2.30. The lowest BCUT2D eigenvalue weighted by atomic mass is 10.0. The van der Waals surface area contributed by atoms with Gasteiger partial charge in [0.1, 0.15) is 4.83 Å². The molecule has 158 valence electrons. The maximum atomic E-state index is 13.7. The van der Waals surface area contributed by atoms with Gasteiger partial charge in [-0.1, -0.05) is 66.7 Å². The fourth-order valence-electron chi connectivity index (χ4n) is 4.20. The summed E-state index contributed by atoms with van der Waals surface area (Å²) in [6, 6.07) is 18.7. The molecule has 0 bridgehead atoms. The second kappa shape index (κ2) is 8.61. The zero-order valence-corrected chi connectivity index (χ0v) is 19.4. The van der Waals surface area contributed by atoms with Crippen LogP contribution < -0.4 is 5.56 Å². The number of hydrogen-bond donors (Lipinski definition) is 0. The third-order valence-corrected chi connectivity index (χ3v) is 7.67. The summed E-state index contributed by atoms with van der Waals surface area (Å²) in [7, 11) is 0. The van der Waals surface area contributed by atoms with Gasteiger partial charge in [0.2, 0.25) is 0 Å². The summed E-state index contributed by atoms with van der Waals surface area (Å²) >= 11 is 3.32. The van der Waals surface area contributed by atoms with Crippen molar-refractivity contribution in [1.29, 1.82) is 0 Å². The van der Waals surface area contributed by atoms with Gasteiger partial charge < -0.3 is 0 Å². The van der Waals surface area contributed by atoms with Crippen LogP contribution >= 0.6 is 23.1 Å². The van der Waals surface area contributed by atoms with Crippen molar-refractivity contribution in [3.8, 4) is 5.69 Å². The minimum atomic E-state index is 0.0683. The molecular formula is C25H25N3OS2. The zero-order valence-electron chi connectivity index (χ0n) is 17.8. The summed E-state index contributed by atoms with van der Waals surface area (Å²) in [6.07, 6.45) is 0.896. The molecule has 6 heteroatoms. The van der Waals surface area contributed by atoms with Crippen molar-refractivity contribution in [3.05, 3.63) is 86.5 Å². The predicted octanol–water partition coefficient (Wildman–Crippen LogP) is 5.43. The van der Waals surface area contributed by atoms with E-state index >= 15 is 0 Å². The molecule has 2 aromatic carbocycles. The predicted molar refractivity (Wildman–Crippen MR) is 131 cm³/mol. The first-order chi connectivity index (χ1) is 15.1. The fraction of sp³-hybridized carbons (Fsp3) is 0.280. The Balaban J connectivity index is 1.57. The molecule has 0 spiro atoms. The van der Waals surface area contributed by atoms with Crippen LogP contribution in [0.5, 0.6) is 0 Å². The first-order valence-corrected chi connectivity index (χ1v) is 12.5. The highest BCUT2D eigenvalue weighted by Crippen LogP contribution is 2.34. The van der Waals surface area contributed by atoms with Crippen molar-refractivity contribution in [3.63, 3.8) is 0 Å². The van der Waals surface area contributed by atoms with E-state index in [1.54, 1.807) is 27.7 Å². The summed E-state index contributed by atoms with van der Waals surface area (Å²) in [5, 5.41) is 1.60. The smallest absolute Gasteiger partial charge is 0.267 e. The Bertz CT molecular complexity index is 1280. The Morgan fingerprint density at radius 1 is 1.10 bits per heavy atom. The van der Waals surface area contributed by atoms with Crippen molar-refractivity contribution in [1.82, 2.24) is 14.5 Å². The van der Waals surface area contributed by atoms with Crippen LogP contribution in [0, 0.1) is 6.92 Å². The number of benzene rings is 2. The van der Waals surface area contributed by atoms with E-state index < -0.39 is 0 Å². The molecule has 0 fully saturated rings. The molecule has 0 N–H and O–H groups in total. The standard InChI is InChI=1S/C25H25N3OS2/c1-3-30-25-26-23-22(24(29)28(25)19-11-9-17(2)10-12-19)20-13-14-27(16-21(20)31-23)15-18-7-5-4-6-8-18/h4-12H,3,13-16H2,1-2H3. The summed E-state index contributed by atoms with van der Waals surface area (Å²) < 4.78 is 1.80. The molecule has 0 unspecified atom stereocenters. The van der Waals surface area contributed by atoms with Crippen molar-refractivity contribution < 1.29 is 0 Å². The van der Waals surface area contributed by atoms with E-state index in [1.807, 2.05) is 12.1 Å². The first kappa shape index (κ1) is 20.5. The normalized spacial score (nSPS) is 14.1. The van der Waals surface area contributed by atoms with Crippen molar-refractivity contribution in [2.75, 3.05) is 12.3 Å². The monoisotopic (exact) mass is 447 g/mol. The van der Waals surface area contributed by atoms with Crippen LogP contribution in [0.25, 0.3) is 15.9 Å². The van der Waals surface area contributed by atoms with Crippen LogP contribution in [0.1, 0.15) is 28.5 Å². The van der Waals surface area contributed by atoms with Gasteiger partial charge >= 0.3 is 0 Å². The number of aryl methyl sites for hydroxylation is 1. The van der Waals surface area contributed by atoms with Gasteiger partial charge in [0.15, 0.2) is 5.16 Å². The molecule has 0 aliphatic carbocycles. The highest BCUT2D eigenvalue weighted by molar-refractivity contribution is 7.99. The number of rotatable bonds is 5. The quantitative estimate of drug-likeness (QED) is 0.302. The molecule has 4 nitrogen and oxygen atoms in total. The van der Waals surface area contributed by atoms with Gasteiger partial charge in [-0.25, -0.2) is 4.98 Å². The SMILES string of the molecule is CCSc1nc2sc3c(c2c(=O)n1-c1ccc(C)cc1)CCN(Cc1ccccc1)C3. The van der Waals surface area contributed by atoms with Gasteiger partial charge in [-0.15, -0.1) is 11.3 Å². The average Bonchev–Trinajstić information content (AvgIpc) is 3.13. The topological polar surface area (TPSA) is 38.1 Å². The highest BCUT2D eigenvalue weighted by atomic mass is 32.2. The molecule has 0 amide bonds. The van der Waals surface area contributed by atoms with E-state index in [1.165, 1.54) is 21.6 Å². The largest absolute Gasteiger partial charge is 0.294 e. The Hall–Kier alpha value is -2.41. The third-order valence-electron chi connectivity index (χ3n) is 5.74. The highest BCUT2D eigenvalue weighted by Gasteiger charge is 2.25. The number of aromatic nitrogens is 2. The molecule has 5 rings (SSSR count). The molecule has 0 saturated heterocycles. The summed E-state index contributed by atoms with van der Waals surface area (Å²) in [4.78, 5) is 23.3. The third kappa shape index (κ3) is 3.95. The lowest BCUT2D eigenvalue weighted by molar-refractivity contribution is 0.249. The van der Waals surface area contributed by atoms with Crippen LogP contribution in [0.15, 0.2) is 64.5 Å². The van der Waals surface area contributed by atoms with E-state index in [-0.39, 0.29) is 5.56 Å². The zero-order chi connectivity index (χ0) is 21.4. The van der Waals surface area contributed by atoms with Crippen LogP contribution in [-0.2, 0) is 19.5 Å². The molecule has 0 atom stereocenters.